The number of nitrogens with two attached hydrogens (primary N) is 1. The van der Waals surface area contributed by atoms with Gasteiger partial charge in [-0.1, -0.05) is 0 Å². The number of aliphatic carboxylic acids is 1. The largest absolute Gasteiger partial charge is 1.00 e. The molecule has 0 heterocycles. The van der Waals surface area contributed by atoms with Crippen LogP contribution in [0.2, 0.25) is 0 Å². The predicted molar refractivity (Wildman–Crippen MR) is 22.4 cm³/mol. The summed E-state index contributed by atoms with van der Waals surface area (Å²) in [6.45, 7) is 1.42. The monoisotopic (exact) mass is 113 g/mol. The Balaban J connectivity index is -0.000000125. The van der Waals surface area contributed by atoms with Crippen LogP contribution < -0.4 is 35.3 Å². The van der Waals surface area contributed by atoms with Gasteiger partial charge in [0.1, 0.15) is 6.04 Å². The van der Waals surface area contributed by atoms with E-state index in [-0.39, 0.29) is 31.0 Å². The molecule has 0 bridgehead atoms. The summed E-state index contributed by atoms with van der Waals surface area (Å²) in [6, 6.07) is -0.731. The molecule has 0 spiro atoms. The molecule has 0 amide bonds. The van der Waals surface area contributed by atoms with Gasteiger partial charge in [-0.15, -0.1) is 0 Å². The van der Waals surface area contributed by atoms with Crippen LogP contribution in [0, 0.1) is 0 Å². The van der Waals surface area contributed by atoms with E-state index in [0.717, 1.165) is 0 Å². The van der Waals surface area contributed by atoms with Gasteiger partial charge in [0.05, 0.1) is 0 Å². The summed E-state index contributed by atoms with van der Waals surface area (Å²) in [6.07, 6.45) is 0. The maximum Gasteiger partial charge on any atom is 1.00 e. The first-order chi connectivity index (χ1) is 2.64. The van der Waals surface area contributed by atoms with E-state index >= 15 is 0 Å². The van der Waals surface area contributed by atoms with Gasteiger partial charge in [-0.25, -0.2) is 0 Å². The molecule has 0 radical (unpaired) electrons. The minimum atomic E-state index is -0.963. The van der Waals surface area contributed by atoms with Gasteiger partial charge in [0.15, 0.2) is 0 Å². The van der Waals surface area contributed by atoms with Crippen LogP contribution in [-0.4, -0.2) is 17.1 Å². The molecule has 0 aromatic carbocycles. The molecular formula is C3H8NNaO2. The Hall–Kier alpha value is 0.430. The van der Waals surface area contributed by atoms with Crippen LogP contribution in [0.4, 0.5) is 0 Å². The summed E-state index contributed by atoms with van der Waals surface area (Å²) in [4.78, 5) is 9.57. The molecular weight excluding hydrogens is 105 g/mol. The van der Waals surface area contributed by atoms with Crippen molar-refractivity contribution in [3.63, 3.8) is 0 Å². The molecule has 0 rings (SSSR count). The van der Waals surface area contributed by atoms with Crippen molar-refractivity contribution in [3.8, 4) is 0 Å². The molecule has 4 heteroatoms. The third-order valence-corrected chi connectivity index (χ3v) is 0.390. The molecule has 0 aromatic rings. The molecule has 3 N–H and O–H groups in total. The SMILES string of the molecule is C[C@@H](N)C(=O)O.[H-].[Na+]. The normalized spacial score (nSPS) is 11.7. The van der Waals surface area contributed by atoms with Crippen LogP contribution in [0.3, 0.4) is 0 Å². The van der Waals surface area contributed by atoms with Gasteiger partial charge in [-0.3, -0.25) is 4.79 Å². The van der Waals surface area contributed by atoms with Crippen molar-refractivity contribution < 1.29 is 40.9 Å². The van der Waals surface area contributed by atoms with Crippen molar-refractivity contribution in [3.05, 3.63) is 0 Å². The minimum absolute atomic E-state index is 0. The van der Waals surface area contributed by atoms with Crippen LogP contribution in [-0.2, 0) is 4.79 Å². The van der Waals surface area contributed by atoms with Gasteiger partial charge in [0.25, 0.3) is 0 Å². The Labute approximate surface area is 65.7 Å². The fourth-order valence-electron chi connectivity index (χ4n) is 0. The summed E-state index contributed by atoms with van der Waals surface area (Å²) in [5.41, 5.74) is 4.84. The van der Waals surface area contributed by atoms with E-state index in [9.17, 15) is 4.79 Å². The number of carboxylic acid groups (broad SMARTS) is 1. The summed E-state index contributed by atoms with van der Waals surface area (Å²) >= 11 is 0. The second kappa shape index (κ2) is 4.59. The topological polar surface area (TPSA) is 63.3 Å². The summed E-state index contributed by atoms with van der Waals surface area (Å²) in [5.74, 6) is -0.963. The minimum Gasteiger partial charge on any atom is -1.00 e. The summed E-state index contributed by atoms with van der Waals surface area (Å²) < 4.78 is 0. The Morgan fingerprint density at radius 3 is 2.14 bits per heavy atom. The van der Waals surface area contributed by atoms with Crippen LogP contribution in [0.15, 0.2) is 0 Å². The number of rotatable bonds is 1. The van der Waals surface area contributed by atoms with Crippen LogP contribution in [0.25, 0.3) is 0 Å². The molecule has 0 saturated carbocycles. The zero-order valence-electron chi connectivity index (χ0n) is 5.51. The van der Waals surface area contributed by atoms with Crippen LogP contribution >= 0.6 is 0 Å². The first kappa shape index (κ1) is 10.4. The molecule has 0 aromatic heterocycles. The van der Waals surface area contributed by atoms with E-state index in [0.29, 0.717) is 0 Å². The smallest absolute Gasteiger partial charge is 1.00 e. The van der Waals surface area contributed by atoms with Crippen molar-refractivity contribution in [2.75, 3.05) is 0 Å². The van der Waals surface area contributed by atoms with E-state index in [1.807, 2.05) is 0 Å². The first-order valence-electron chi connectivity index (χ1n) is 1.63. The zero-order chi connectivity index (χ0) is 5.15. The predicted octanol–water partition coefficient (Wildman–Crippen LogP) is -3.47. The first-order valence-corrected chi connectivity index (χ1v) is 1.63. The van der Waals surface area contributed by atoms with E-state index in [4.69, 9.17) is 10.8 Å². The third kappa shape index (κ3) is 6.43. The standard InChI is InChI=1S/C3H7NO2.Na.H/c1-2(4)3(5)6;;/h2H,4H2,1H3,(H,5,6);;/q;+1;-1/t2-;;/m1../s1. The second-order valence-electron chi connectivity index (χ2n) is 1.13. The zero-order valence-corrected chi connectivity index (χ0v) is 6.51. The van der Waals surface area contributed by atoms with Gasteiger partial charge < -0.3 is 12.3 Å². The molecule has 38 valence electrons. The molecule has 0 aliphatic rings. The molecule has 1 atom stereocenters. The van der Waals surface area contributed by atoms with E-state index in [2.05, 4.69) is 0 Å². The average molecular weight is 113 g/mol. The summed E-state index contributed by atoms with van der Waals surface area (Å²) in [5, 5.41) is 7.87. The Morgan fingerprint density at radius 2 is 2.14 bits per heavy atom. The second-order valence-corrected chi connectivity index (χ2v) is 1.13. The maximum atomic E-state index is 9.57. The quantitative estimate of drug-likeness (QED) is 0.347. The molecule has 0 unspecified atom stereocenters. The summed E-state index contributed by atoms with van der Waals surface area (Å²) in [7, 11) is 0. The van der Waals surface area contributed by atoms with Crippen LogP contribution in [0.1, 0.15) is 8.35 Å². The third-order valence-electron chi connectivity index (χ3n) is 0.390. The van der Waals surface area contributed by atoms with Gasteiger partial charge in [-0.2, -0.15) is 0 Å². The van der Waals surface area contributed by atoms with Gasteiger partial charge in [-0.05, 0) is 6.92 Å². The fraction of sp³-hybridized carbons (Fsp3) is 0.667. The fourth-order valence-corrected chi connectivity index (χ4v) is 0. The van der Waals surface area contributed by atoms with Crippen molar-refractivity contribution in [2.45, 2.75) is 13.0 Å². The van der Waals surface area contributed by atoms with Gasteiger partial charge in [0, 0.05) is 0 Å². The number of carbonyl (C=O) groups is 1. The van der Waals surface area contributed by atoms with E-state index in [1.54, 1.807) is 0 Å². The average Bonchev–Trinajstić information content (AvgIpc) is 1.36. The maximum absolute atomic E-state index is 9.57. The number of hydrogen-bond acceptors (Lipinski definition) is 2. The molecule has 0 saturated heterocycles. The van der Waals surface area contributed by atoms with Crippen molar-refractivity contribution in [1.82, 2.24) is 0 Å². The number of hydrogen-bond donors (Lipinski definition) is 2. The van der Waals surface area contributed by atoms with Crippen molar-refractivity contribution in [1.29, 1.82) is 0 Å². The van der Waals surface area contributed by atoms with Crippen molar-refractivity contribution >= 4 is 5.97 Å². The molecule has 0 aliphatic heterocycles. The molecule has 0 aliphatic carbocycles. The molecule has 3 nitrogen and oxygen atoms in total. The Kier molecular flexibility index (Phi) is 6.82. The van der Waals surface area contributed by atoms with Crippen LogP contribution in [0.5, 0.6) is 0 Å². The van der Waals surface area contributed by atoms with Gasteiger partial charge in [0.2, 0.25) is 0 Å². The Morgan fingerprint density at radius 1 is 2.00 bits per heavy atom. The van der Waals surface area contributed by atoms with E-state index < -0.39 is 12.0 Å². The van der Waals surface area contributed by atoms with E-state index in [1.165, 1.54) is 6.92 Å². The molecule has 0 fully saturated rings. The van der Waals surface area contributed by atoms with Crippen molar-refractivity contribution in [2.24, 2.45) is 5.73 Å². The number of carboxylic acids is 1. The van der Waals surface area contributed by atoms with Gasteiger partial charge >= 0.3 is 35.5 Å². The molecule has 7 heavy (non-hydrogen) atoms. The Bertz CT molecular complexity index is 68.3.